The largest absolute Gasteiger partial charge is 0.337 e. The Kier molecular flexibility index (Phi) is 3.86. The zero-order chi connectivity index (χ0) is 15.9. The van der Waals surface area contributed by atoms with Crippen LogP contribution in [0.2, 0.25) is 0 Å². The van der Waals surface area contributed by atoms with Crippen LogP contribution in [0.25, 0.3) is 0 Å². The van der Waals surface area contributed by atoms with Gasteiger partial charge in [0.25, 0.3) is 5.91 Å². The van der Waals surface area contributed by atoms with E-state index >= 15 is 0 Å². The summed E-state index contributed by atoms with van der Waals surface area (Å²) in [5.74, 6) is 0.949. The van der Waals surface area contributed by atoms with Gasteiger partial charge in [-0.1, -0.05) is 0 Å². The van der Waals surface area contributed by atoms with Crippen molar-refractivity contribution in [3.63, 3.8) is 0 Å². The molecule has 3 rings (SSSR count). The topological polar surface area (TPSA) is 93.3 Å². The number of hydrogen-bond donors (Lipinski definition) is 1. The monoisotopic (exact) mass is 307 g/mol. The van der Waals surface area contributed by atoms with E-state index in [1.807, 2.05) is 0 Å². The van der Waals surface area contributed by atoms with E-state index in [-0.39, 0.29) is 23.0 Å². The molecular formula is C14H21N5O3. The van der Waals surface area contributed by atoms with E-state index in [0.717, 1.165) is 25.9 Å². The summed E-state index contributed by atoms with van der Waals surface area (Å²) in [6.07, 6.45) is 1.90. The van der Waals surface area contributed by atoms with Gasteiger partial charge in [0.2, 0.25) is 5.69 Å². The molecule has 2 atom stereocenters. The maximum atomic E-state index is 12.8. The lowest BCUT2D eigenvalue weighted by molar-refractivity contribution is -0.385. The summed E-state index contributed by atoms with van der Waals surface area (Å²) in [5, 5.41) is 18.7. The molecule has 1 N–H and O–H groups in total. The Morgan fingerprint density at radius 2 is 1.91 bits per heavy atom. The summed E-state index contributed by atoms with van der Waals surface area (Å²) in [4.78, 5) is 25.3. The first-order valence-electron chi connectivity index (χ1n) is 7.67. The lowest BCUT2D eigenvalue weighted by atomic mass is 9.92. The minimum Gasteiger partial charge on any atom is -0.337 e. The van der Waals surface area contributed by atoms with Gasteiger partial charge in [-0.2, -0.15) is 5.10 Å². The predicted octanol–water partition coefficient (Wildman–Crippen LogP) is 0.708. The van der Waals surface area contributed by atoms with Gasteiger partial charge in [-0.3, -0.25) is 19.6 Å². The van der Waals surface area contributed by atoms with Crippen molar-refractivity contribution in [1.29, 1.82) is 0 Å². The molecule has 2 aliphatic heterocycles. The Balaban J connectivity index is 1.84. The summed E-state index contributed by atoms with van der Waals surface area (Å²) in [7, 11) is 1.59. The molecule has 8 heteroatoms. The lowest BCUT2D eigenvalue weighted by Gasteiger charge is -2.20. The van der Waals surface area contributed by atoms with Crippen molar-refractivity contribution in [3.8, 4) is 0 Å². The highest BCUT2D eigenvalue weighted by Gasteiger charge is 2.36. The van der Waals surface area contributed by atoms with Crippen LogP contribution in [-0.2, 0) is 7.05 Å². The molecule has 1 aromatic heterocycles. The number of nitrogens with zero attached hydrogens (tertiary/aromatic N) is 4. The smallest absolute Gasteiger partial charge is 0.322 e. The Bertz CT molecular complexity index is 598. The average Bonchev–Trinajstić information content (AvgIpc) is 2.96. The molecule has 1 amide bonds. The molecule has 2 fully saturated rings. The number of nitro groups is 1. The number of carbonyl (C=O) groups excluding carboxylic acids is 1. The Morgan fingerprint density at radius 1 is 1.32 bits per heavy atom. The molecule has 0 saturated carbocycles. The minimum atomic E-state index is -0.508. The van der Waals surface area contributed by atoms with Gasteiger partial charge >= 0.3 is 5.69 Å². The fraction of sp³-hybridized carbons (Fsp3) is 0.714. The quantitative estimate of drug-likeness (QED) is 0.641. The van der Waals surface area contributed by atoms with Crippen LogP contribution in [0, 0.1) is 28.9 Å². The molecular weight excluding hydrogens is 286 g/mol. The fourth-order valence-electron chi connectivity index (χ4n) is 3.68. The standard InChI is InChI=1S/C14H21N5O3/c1-9-12(19(21)22)13(17(2)16-9)14(20)18-5-3-10-7-15-8-11(10)4-6-18/h10-11,15H,3-8H2,1-2H3/t10-,11+. The molecule has 2 aliphatic rings. The summed E-state index contributed by atoms with van der Waals surface area (Å²) in [6, 6.07) is 0. The zero-order valence-electron chi connectivity index (χ0n) is 12.9. The van der Waals surface area contributed by atoms with E-state index in [1.165, 1.54) is 4.68 Å². The Labute approximate surface area is 128 Å². The highest BCUT2D eigenvalue weighted by atomic mass is 16.6. The van der Waals surface area contributed by atoms with Crippen molar-refractivity contribution in [1.82, 2.24) is 20.0 Å². The number of fused-ring (bicyclic) bond motifs is 1. The van der Waals surface area contributed by atoms with E-state index in [4.69, 9.17) is 0 Å². The maximum absolute atomic E-state index is 12.8. The summed E-state index contributed by atoms with van der Waals surface area (Å²) in [6.45, 7) is 4.90. The number of carbonyl (C=O) groups is 1. The fourth-order valence-corrected chi connectivity index (χ4v) is 3.68. The van der Waals surface area contributed by atoms with E-state index in [1.54, 1.807) is 18.9 Å². The van der Waals surface area contributed by atoms with E-state index < -0.39 is 4.92 Å². The normalized spacial score (nSPS) is 24.9. The van der Waals surface area contributed by atoms with Crippen LogP contribution < -0.4 is 5.32 Å². The third-order valence-corrected chi connectivity index (χ3v) is 4.88. The van der Waals surface area contributed by atoms with Crippen LogP contribution in [0.15, 0.2) is 0 Å². The summed E-state index contributed by atoms with van der Waals surface area (Å²) in [5.41, 5.74) is 0.207. The number of likely N-dealkylation sites (tertiary alicyclic amines) is 1. The van der Waals surface area contributed by atoms with Gasteiger partial charge in [0.1, 0.15) is 5.69 Å². The molecule has 8 nitrogen and oxygen atoms in total. The number of hydrogen-bond acceptors (Lipinski definition) is 5. The predicted molar refractivity (Wildman–Crippen MR) is 79.6 cm³/mol. The SMILES string of the molecule is Cc1nn(C)c(C(=O)N2CC[C@@H]3CNC[C@@H]3CC2)c1[N+](=O)[O-]. The molecule has 0 radical (unpaired) electrons. The van der Waals surface area contributed by atoms with Crippen LogP contribution >= 0.6 is 0 Å². The summed E-state index contributed by atoms with van der Waals surface area (Å²) >= 11 is 0. The molecule has 3 heterocycles. The molecule has 2 saturated heterocycles. The minimum absolute atomic E-state index is 0.0904. The molecule has 120 valence electrons. The van der Waals surface area contributed by atoms with Crippen LogP contribution in [-0.4, -0.2) is 51.7 Å². The first-order valence-corrected chi connectivity index (χ1v) is 7.67. The van der Waals surface area contributed by atoms with Gasteiger partial charge in [-0.05, 0) is 44.7 Å². The Hall–Kier alpha value is -1.96. The van der Waals surface area contributed by atoms with Crippen molar-refractivity contribution >= 4 is 11.6 Å². The van der Waals surface area contributed by atoms with Gasteiger partial charge in [0.15, 0.2) is 0 Å². The lowest BCUT2D eigenvalue weighted by Crippen LogP contribution is -2.34. The van der Waals surface area contributed by atoms with Crippen molar-refractivity contribution in [3.05, 3.63) is 21.5 Å². The number of rotatable bonds is 2. The van der Waals surface area contributed by atoms with Crippen molar-refractivity contribution in [2.45, 2.75) is 19.8 Å². The maximum Gasteiger partial charge on any atom is 0.322 e. The zero-order valence-corrected chi connectivity index (χ0v) is 12.9. The van der Waals surface area contributed by atoms with Gasteiger partial charge in [-0.25, -0.2) is 0 Å². The highest BCUT2D eigenvalue weighted by molar-refractivity contribution is 5.96. The van der Waals surface area contributed by atoms with Crippen LogP contribution in [0.3, 0.4) is 0 Å². The first-order chi connectivity index (χ1) is 10.5. The number of amides is 1. The number of aromatic nitrogens is 2. The molecule has 0 aliphatic carbocycles. The average molecular weight is 307 g/mol. The van der Waals surface area contributed by atoms with Gasteiger partial charge in [-0.15, -0.1) is 0 Å². The van der Waals surface area contributed by atoms with Crippen molar-refractivity contribution in [2.24, 2.45) is 18.9 Å². The van der Waals surface area contributed by atoms with Crippen molar-refractivity contribution in [2.75, 3.05) is 26.2 Å². The van der Waals surface area contributed by atoms with Gasteiger partial charge in [0, 0.05) is 20.1 Å². The van der Waals surface area contributed by atoms with Crippen LogP contribution in [0.4, 0.5) is 5.69 Å². The van der Waals surface area contributed by atoms with Crippen LogP contribution in [0.5, 0.6) is 0 Å². The second-order valence-corrected chi connectivity index (χ2v) is 6.21. The molecule has 0 unspecified atom stereocenters. The molecule has 1 aromatic rings. The van der Waals surface area contributed by atoms with Gasteiger partial charge in [0.05, 0.1) is 4.92 Å². The second-order valence-electron chi connectivity index (χ2n) is 6.21. The van der Waals surface area contributed by atoms with E-state index in [0.29, 0.717) is 24.9 Å². The highest BCUT2D eigenvalue weighted by Crippen LogP contribution is 2.29. The molecule has 0 aromatic carbocycles. The second kappa shape index (κ2) is 5.68. The van der Waals surface area contributed by atoms with E-state index in [9.17, 15) is 14.9 Å². The van der Waals surface area contributed by atoms with E-state index in [2.05, 4.69) is 10.4 Å². The molecule has 0 bridgehead atoms. The summed E-state index contributed by atoms with van der Waals surface area (Å²) < 4.78 is 1.34. The van der Waals surface area contributed by atoms with Gasteiger partial charge < -0.3 is 10.2 Å². The molecule has 0 spiro atoms. The third-order valence-electron chi connectivity index (χ3n) is 4.88. The number of aryl methyl sites for hydroxylation is 2. The van der Waals surface area contributed by atoms with Crippen LogP contribution in [0.1, 0.15) is 29.0 Å². The van der Waals surface area contributed by atoms with Crippen molar-refractivity contribution < 1.29 is 9.72 Å². The first kappa shape index (κ1) is 15.0. The number of nitrogens with one attached hydrogen (secondary N) is 1. The molecule has 22 heavy (non-hydrogen) atoms. The Morgan fingerprint density at radius 3 is 2.45 bits per heavy atom. The third kappa shape index (κ3) is 2.47.